The standard InChI is InChI=1S/C24H18F3N5O8/c1-2-39-21-11-14(3-9-20(21)40-19-10-8-17(31(35)36)12-18(19)32(37)38)13-28-30-23(34)22(33)29-16-6-4-15(5-7-16)24(25,26)27/h3-13H,2H2,1H3,(H,29,33)(H,30,34)/b28-13+. The fourth-order valence-electron chi connectivity index (χ4n) is 3.07. The summed E-state index contributed by atoms with van der Waals surface area (Å²) in [5.74, 6) is -2.50. The second-order valence-corrected chi connectivity index (χ2v) is 7.64. The fourth-order valence-corrected chi connectivity index (χ4v) is 3.07. The Labute approximate surface area is 222 Å². The van der Waals surface area contributed by atoms with Crippen LogP contribution in [-0.4, -0.2) is 34.5 Å². The summed E-state index contributed by atoms with van der Waals surface area (Å²) in [5.41, 5.74) is 0.212. The largest absolute Gasteiger partial charge is 0.490 e. The number of nitrogens with zero attached hydrogens (tertiary/aromatic N) is 3. The van der Waals surface area contributed by atoms with Gasteiger partial charge in [-0.25, -0.2) is 5.43 Å². The summed E-state index contributed by atoms with van der Waals surface area (Å²) in [6.07, 6.45) is -3.41. The number of amides is 2. The number of hydrazone groups is 1. The monoisotopic (exact) mass is 561 g/mol. The minimum absolute atomic E-state index is 0.0379. The van der Waals surface area contributed by atoms with Crippen LogP contribution in [-0.2, 0) is 15.8 Å². The number of benzene rings is 3. The highest BCUT2D eigenvalue weighted by Crippen LogP contribution is 2.38. The molecular formula is C24H18F3N5O8. The number of carbonyl (C=O) groups excluding carboxylic acids is 2. The van der Waals surface area contributed by atoms with E-state index < -0.39 is 44.8 Å². The molecule has 0 aromatic heterocycles. The first kappa shape index (κ1) is 29.0. The molecule has 0 aliphatic carbocycles. The van der Waals surface area contributed by atoms with Gasteiger partial charge in [0.05, 0.1) is 34.3 Å². The van der Waals surface area contributed by atoms with Crippen LogP contribution in [0, 0.1) is 20.2 Å². The molecule has 0 radical (unpaired) electrons. The van der Waals surface area contributed by atoms with E-state index in [1.54, 1.807) is 6.92 Å². The number of hydrogen-bond acceptors (Lipinski definition) is 9. The van der Waals surface area contributed by atoms with Crippen LogP contribution in [0.2, 0.25) is 0 Å². The summed E-state index contributed by atoms with van der Waals surface area (Å²) in [5, 5.41) is 28.1. The van der Waals surface area contributed by atoms with Crippen LogP contribution in [0.5, 0.6) is 17.2 Å². The lowest BCUT2D eigenvalue weighted by atomic mass is 10.2. The highest BCUT2D eigenvalue weighted by atomic mass is 19.4. The fraction of sp³-hybridized carbons (Fsp3) is 0.125. The Morgan fingerprint density at radius 1 is 0.925 bits per heavy atom. The summed E-state index contributed by atoms with van der Waals surface area (Å²) < 4.78 is 49.0. The van der Waals surface area contributed by atoms with Gasteiger partial charge in [-0.2, -0.15) is 18.3 Å². The number of carbonyl (C=O) groups is 2. The minimum atomic E-state index is -4.55. The molecule has 0 spiro atoms. The second kappa shape index (κ2) is 12.3. The highest BCUT2D eigenvalue weighted by molar-refractivity contribution is 6.39. The minimum Gasteiger partial charge on any atom is -0.490 e. The van der Waals surface area contributed by atoms with Crippen molar-refractivity contribution < 1.29 is 42.1 Å². The zero-order valence-corrected chi connectivity index (χ0v) is 20.3. The Balaban J connectivity index is 1.69. The van der Waals surface area contributed by atoms with Crippen LogP contribution < -0.4 is 20.2 Å². The van der Waals surface area contributed by atoms with Crippen molar-refractivity contribution in [2.75, 3.05) is 11.9 Å². The molecule has 0 saturated heterocycles. The van der Waals surface area contributed by atoms with Crippen molar-refractivity contribution in [2.45, 2.75) is 13.1 Å². The predicted molar refractivity (Wildman–Crippen MR) is 133 cm³/mol. The molecule has 0 saturated carbocycles. The summed E-state index contributed by atoms with van der Waals surface area (Å²) in [4.78, 5) is 44.7. The SMILES string of the molecule is CCOc1cc(/C=N/NC(=O)C(=O)Nc2ccc(C(F)(F)F)cc2)ccc1Oc1ccc([N+](=O)[O-])cc1[N+](=O)[O-]. The topological polar surface area (TPSA) is 175 Å². The highest BCUT2D eigenvalue weighted by Gasteiger charge is 2.30. The van der Waals surface area contributed by atoms with Crippen LogP contribution >= 0.6 is 0 Å². The number of hydrogen-bond donors (Lipinski definition) is 2. The van der Waals surface area contributed by atoms with E-state index in [0.29, 0.717) is 5.56 Å². The van der Waals surface area contributed by atoms with Gasteiger partial charge >= 0.3 is 23.7 Å². The zero-order chi connectivity index (χ0) is 29.4. The zero-order valence-electron chi connectivity index (χ0n) is 20.3. The molecule has 0 aliphatic rings. The van der Waals surface area contributed by atoms with Crippen molar-refractivity contribution in [3.8, 4) is 17.2 Å². The number of anilines is 1. The number of nitro groups is 2. The van der Waals surface area contributed by atoms with E-state index in [9.17, 15) is 43.0 Å². The molecule has 0 fully saturated rings. The Kier molecular flexibility index (Phi) is 8.95. The van der Waals surface area contributed by atoms with Crippen LogP contribution in [0.4, 0.5) is 30.2 Å². The third-order valence-electron chi connectivity index (χ3n) is 4.89. The van der Waals surface area contributed by atoms with Gasteiger partial charge in [0.15, 0.2) is 11.5 Å². The second-order valence-electron chi connectivity index (χ2n) is 7.64. The molecule has 13 nitrogen and oxygen atoms in total. The number of rotatable bonds is 9. The van der Waals surface area contributed by atoms with Gasteiger partial charge in [0.2, 0.25) is 5.75 Å². The first-order valence-corrected chi connectivity index (χ1v) is 11.1. The Morgan fingerprint density at radius 2 is 1.60 bits per heavy atom. The van der Waals surface area contributed by atoms with Crippen LogP contribution in [0.15, 0.2) is 65.8 Å². The first-order valence-electron chi connectivity index (χ1n) is 11.1. The maximum Gasteiger partial charge on any atom is 0.416 e. The molecule has 0 heterocycles. The number of non-ortho nitro benzene ring substituents is 1. The maximum atomic E-state index is 12.6. The van der Waals surface area contributed by atoms with E-state index in [1.165, 1.54) is 18.2 Å². The van der Waals surface area contributed by atoms with Crippen molar-refractivity contribution in [1.29, 1.82) is 0 Å². The summed E-state index contributed by atoms with van der Waals surface area (Å²) in [6.45, 7) is 1.83. The molecule has 3 aromatic rings. The number of ether oxygens (including phenoxy) is 2. The molecule has 3 rings (SSSR count). The molecule has 0 bridgehead atoms. The van der Waals surface area contributed by atoms with Gasteiger partial charge in [-0.3, -0.25) is 29.8 Å². The Morgan fingerprint density at radius 3 is 2.20 bits per heavy atom. The molecule has 0 aliphatic heterocycles. The Bertz CT molecular complexity index is 1480. The van der Waals surface area contributed by atoms with E-state index in [-0.39, 0.29) is 29.5 Å². The quantitative estimate of drug-likeness (QED) is 0.162. The molecular weight excluding hydrogens is 543 g/mol. The lowest BCUT2D eigenvalue weighted by molar-refractivity contribution is -0.394. The smallest absolute Gasteiger partial charge is 0.416 e. The van der Waals surface area contributed by atoms with Gasteiger partial charge in [-0.05, 0) is 61.0 Å². The molecule has 0 unspecified atom stereocenters. The van der Waals surface area contributed by atoms with Crippen molar-refractivity contribution >= 4 is 35.1 Å². The predicted octanol–water partition coefficient (Wildman–Crippen LogP) is 4.80. The van der Waals surface area contributed by atoms with Crippen LogP contribution in [0.3, 0.4) is 0 Å². The third-order valence-corrected chi connectivity index (χ3v) is 4.89. The van der Waals surface area contributed by atoms with Crippen LogP contribution in [0.1, 0.15) is 18.1 Å². The number of nitro benzene ring substituents is 2. The van der Waals surface area contributed by atoms with Crippen molar-refractivity contribution in [1.82, 2.24) is 5.43 Å². The molecule has 3 aromatic carbocycles. The van der Waals surface area contributed by atoms with Gasteiger partial charge in [-0.1, -0.05) is 0 Å². The van der Waals surface area contributed by atoms with E-state index >= 15 is 0 Å². The van der Waals surface area contributed by atoms with E-state index in [0.717, 1.165) is 48.7 Å². The lowest BCUT2D eigenvalue weighted by Crippen LogP contribution is -2.32. The van der Waals surface area contributed by atoms with E-state index in [4.69, 9.17) is 9.47 Å². The average Bonchev–Trinajstić information content (AvgIpc) is 2.89. The van der Waals surface area contributed by atoms with Crippen molar-refractivity contribution in [3.63, 3.8) is 0 Å². The van der Waals surface area contributed by atoms with Gasteiger partial charge in [0.25, 0.3) is 5.69 Å². The summed E-state index contributed by atoms with van der Waals surface area (Å²) in [7, 11) is 0. The molecule has 2 amide bonds. The van der Waals surface area contributed by atoms with Crippen molar-refractivity contribution in [2.24, 2.45) is 5.10 Å². The number of nitrogens with one attached hydrogen (secondary N) is 2. The normalized spacial score (nSPS) is 11.1. The van der Waals surface area contributed by atoms with E-state index in [1.807, 2.05) is 5.43 Å². The Hall–Kier alpha value is -5.54. The molecule has 0 atom stereocenters. The van der Waals surface area contributed by atoms with Gasteiger partial charge in [-0.15, -0.1) is 0 Å². The van der Waals surface area contributed by atoms with Gasteiger partial charge in [0, 0.05) is 11.8 Å². The lowest BCUT2D eigenvalue weighted by Gasteiger charge is -2.12. The first-order chi connectivity index (χ1) is 18.9. The number of alkyl halides is 3. The molecule has 208 valence electrons. The molecule has 40 heavy (non-hydrogen) atoms. The van der Waals surface area contributed by atoms with Gasteiger partial charge < -0.3 is 14.8 Å². The maximum absolute atomic E-state index is 12.6. The molecule has 2 N–H and O–H groups in total. The van der Waals surface area contributed by atoms with Crippen molar-refractivity contribution in [3.05, 3.63) is 92.0 Å². The average molecular weight is 561 g/mol. The molecule has 16 heteroatoms. The number of halogens is 3. The van der Waals surface area contributed by atoms with E-state index in [2.05, 4.69) is 10.4 Å². The third kappa shape index (κ3) is 7.50. The van der Waals surface area contributed by atoms with Crippen LogP contribution in [0.25, 0.3) is 0 Å². The summed E-state index contributed by atoms with van der Waals surface area (Å²) in [6, 6.07) is 10.6. The summed E-state index contributed by atoms with van der Waals surface area (Å²) >= 11 is 0. The van der Waals surface area contributed by atoms with Gasteiger partial charge in [0.1, 0.15) is 0 Å².